The number of benzene rings is 2. The van der Waals surface area contributed by atoms with Crippen LogP contribution < -0.4 is 19.7 Å². The van der Waals surface area contributed by atoms with Crippen molar-refractivity contribution in [1.29, 1.82) is 0 Å². The zero-order valence-corrected chi connectivity index (χ0v) is 30.1. The monoisotopic (exact) mass is 730 g/mol. The first-order chi connectivity index (χ1) is 25.3. The Labute approximate surface area is 305 Å². The summed E-state index contributed by atoms with van der Waals surface area (Å²) in [4.78, 5) is 30.8. The van der Waals surface area contributed by atoms with Gasteiger partial charge in [-0.25, -0.2) is 18.0 Å². The Balaban J connectivity index is 1.23. The SMILES string of the molecule is C#Cc1c(F)ccc2cc(OCOC)cc(-c3ncc4c(N5C[C@@H]6C[C@]6(NC(=O)OC(C)(C)C)C5)nc(OC[C@@]56CCCN5C[C@H](F)C6)nc4c3F)c12. The van der Waals surface area contributed by atoms with Crippen molar-refractivity contribution in [3.05, 3.63) is 47.7 Å². The van der Waals surface area contributed by atoms with E-state index >= 15 is 8.78 Å². The van der Waals surface area contributed by atoms with Gasteiger partial charge in [-0.2, -0.15) is 9.97 Å². The third kappa shape index (κ3) is 6.33. The van der Waals surface area contributed by atoms with E-state index in [1.807, 2.05) is 4.90 Å². The second-order valence-corrected chi connectivity index (χ2v) is 15.6. The van der Waals surface area contributed by atoms with Crippen molar-refractivity contribution in [2.24, 2.45) is 5.92 Å². The maximum atomic E-state index is 17.2. The Morgan fingerprint density at radius 1 is 1.15 bits per heavy atom. The highest BCUT2D eigenvalue weighted by molar-refractivity contribution is 6.03. The number of halogens is 3. The first kappa shape index (κ1) is 35.2. The number of nitrogens with zero attached hydrogens (tertiary/aromatic N) is 5. The standard InChI is InChI=1S/C39H41F3N6O5/c1-6-26-29(41)9-8-22-12-25(52-21-50-5)13-27(30(22)26)32-31(42)33-28(16-43-32)34(47-17-23-14-39(23,19-47)46-36(49)53-37(2,3)4)45-35(44-33)51-20-38-10-7-11-48(38)18-24(40)15-38/h1,8-9,12-13,16,23-24H,7,10-11,14-15,17-21H2,2-5H3,(H,46,49)/t23-,24+,38-,39-/m0/s1. The third-order valence-electron chi connectivity index (χ3n) is 10.9. The number of methoxy groups -OCH3 is 1. The van der Waals surface area contributed by atoms with Crippen LogP contribution in [0.4, 0.5) is 23.8 Å². The summed E-state index contributed by atoms with van der Waals surface area (Å²) in [6.45, 7) is 7.51. The van der Waals surface area contributed by atoms with Crippen LogP contribution in [0.15, 0.2) is 30.5 Å². The maximum Gasteiger partial charge on any atom is 0.408 e. The van der Waals surface area contributed by atoms with E-state index in [0.29, 0.717) is 48.4 Å². The number of piperidine rings is 1. The number of hydrogen-bond donors (Lipinski definition) is 1. The summed E-state index contributed by atoms with van der Waals surface area (Å²) >= 11 is 0. The number of ether oxygens (including phenoxy) is 4. The minimum absolute atomic E-state index is 0.0494. The zero-order chi connectivity index (χ0) is 37.3. The van der Waals surface area contributed by atoms with Gasteiger partial charge in [-0.05, 0) is 70.2 Å². The first-order valence-corrected chi connectivity index (χ1v) is 17.8. The highest BCUT2D eigenvalue weighted by atomic mass is 19.1. The molecule has 4 aliphatic rings. The first-order valence-electron chi connectivity index (χ1n) is 17.8. The van der Waals surface area contributed by atoms with Crippen LogP contribution in [0.2, 0.25) is 0 Å². The summed E-state index contributed by atoms with van der Waals surface area (Å²) < 4.78 is 69.5. The fourth-order valence-electron chi connectivity index (χ4n) is 8.46. The smallest absolute Gasteiger partial charge is 0.408 e. The van der Waals surface area contributed by atoms with E-state index in [9.17, 15) is 9.18 Å². The number of anilines is 1. The highest BCUT2D eigenvalue weighted by Gasteiger charge is 2.62. The summed E-state index contributed by atoms with van der Waals surface area (Å²) in [7, 11) is 1.47. The number of hydrogen-bond acceptors (Lipinski definition) is 10. The fourth-order valence-corrected chi connectivity index (χ4v) is 8.46. The lowest BCUT2D eigenvalue weighted by molar-refractivity contribution is 0.0497. The van der Waals surface area contributed by atoms with Crippen molar-refractivity contribution >= 4 is 33.6 Å². The van der Waals surface area contributed by atoms with Gasteiger partial charge >= 0.3 is 12.1 Å². The number of alkyl carbamates (subject to hydrolysis) is 1. The molecule has 3 aliphatic heterocycles. The van der Waals surface area contributed by atoms with Gasteiger partial charge in [0.25, 0.3) is 0 Å². The summed E-state index contributed by atoms with van der Waals surface area (Å²) in [5.41, 5.74) is -1.75. The lowest BCUT2D eigenvalue weighted by atomic mass is 9.95. The number of fused-ring (bicyclic) bond motifs is 4. The maximum absolute atomic E-state index is 17.2. The molecule has 0 bridgehead atoms. The van der Waals surface area contributed by atoms with E-state index in [4.69, 9.17) is 30.4 Å². The van der Waals surface area contributed by atoms with E-state index in [2.05, 4.69) is 26.1 Å². The molecule has 278 valence electrons. The number of rotatable bonds is 9. The van der Waals surface area contributed by atoms with Crippen molar-refractivity contribution in [3.63, 3.8) is 0 Å². The molecule has 53 heavy (non-hydrogen) atoms. The van der Waals surface area contributed by atoms with Crippen LogP contribution in [-0.2, 0) is 9.47 Å². The average Bonchev–Trinajstić information content (AvgIpc) is 3.32. The normalized spacial score (nSPS) is 25.0. The Morgan fingerprint density at radius 2 is 1.98 bits per heavy atom. The van der Waals surface area contributed by atoms with Gasteiger partial charge in [-0.15, -0.1) is 6.42 Å². The molecule has 1 saturated carbocycles. The third-order valence-corrected chi connectivity index (χ3v) is 10.9. The highest BCUT2D eigenvalue weighted by Crippen LogP contribution is 2.51. The average molecular weight is 731 g/mol. The van der Waals surface area contributed by atoms with Gasteiger partial charge in [0, 0.05) is 56.2 Å². The molecule has 2 aromatic carbocycles. The number of carbonyl (C=O) groups is 1. The molecule has 0 spiro atoms. The summed E-state index contributed by atoms with van der Waals surface area (Å²) in [5.74, 6) is 1.80. The number of carbonyl (C=O) groups excluding carboxylic acids is 1. The van der Waals surface area contributed by atoms with Gasteiger partial charge in [-0.1, -0.05) is 12.0 Å². The zero-order valence-electron chi connectivity index (χ0n) is 30.1. The van der Waals surface area contributed by atoms with E-state index in [0.717, 1.165) is 25.8 Å². The molecule has 4 fully saturated rings. The lowest BCUT2D eigenvalue weighted by Gasteiger charge is -2.31. The molecule has 5 heterocycles. The fraction of sp³-hybridized carbons (Fsp3) is 0.487. The number of terminal acetylenes is 1. The van der Waals surface area contributed by atoms with Gasteiger partial charge in [0.2, 0.25) is 0 Å². The number of nitrogens with one attached hydrogen (secondary N) is 1. The predicted molar refractivity (Wildman–Crippen MR) is 192 cm³/mol. The van der Waals surface area contributed by atoms with Gasteiger partial charge < -0.3 is 29.2 Å². The van der Waals surface area contributed by atoms with Gasteiger partial charge in [-0.3, -0.25) is 9.88 Å². The van der Waals surface area contributed by atoms with E-state index in [-0.39, 0.29) is 53.1 Å². The number of amides is 1. The minimum Gasteiger partial charge on any atom is -0.468 e. The van der Waals surface area contributed by atoms with Crippen molar-refractivity contribution in [2.75, 3.05) is 51.6 Å². The Morgan fingerprint density at radius 3 is 2.75 bits per heavy atom. The Bertz CT molecular complexity index is 2170. The molecule has 4 atom stereocenters. The van der Waals surface area contributed by atoms with Crippen molar-refractivity contribution in [1.82, 2.24) is 25.2 Å². The number of pyridine rings is 1. The molecule has 8 rings (SSSR count). The van der Waals surface area contributed by atoms with Gasteiger partial charge in [0.1, 0.15) is 47.0 Å². The minimum atomic E-state index is -0.959. The lowest BCUT2D eigenvalue weighted by Crippen LogP contribution is -2.45. The van der Waals surface area contributed by atoms with Crippen LogP contribution >= 0.6 is 0 Å². The number of alkyl halides is 1. The van der Waals surface area contributed by atoms with E-state index in [1.54, 1.807) is 32.9 Å². The predicted octanol–water partition coefficient (Wildman–Crippen LogP) is 6.15. The summed E-state index contributed by atoms with van der Waals surface area (Å²) in [6, 6.07) is 5.93. The quantitative estimate of drug-likeness (QED) is 0.159. The molecule has 1 amide bonds. The Kier molecular flexibility index (Phi) is 8.57. The number of aromatic nitrogens is 3. The molecule has 4 aromatic rings. The summed E-state index contributed by atoms with van der Waals surface area (Å²) in [6.07, 6.45) is 8.58. The van der Waals surface area contributed by atoms with Crippen LogP contribution in [-0.4, -0.2) is 95.5 Å². The second kappa shape index (κ2) is 12.9. The molecular weight excluding hydrogens is 689 g/mol. The topological polar surface area (TPSA) is 111 Å². The van der Waals surface area contributed by atoms with E-state index in [1.165, 1.54) is 25.4 Å². The van der Waals surface area contributed by atoms with Gasteiger partial charge in [0.15, 0.2) is 12.6 Å². The van der Waals surface area contributed by atoms with E-state index < -0.39 is 40.6 Å². The molecule has 2 aromatic heterocycles. The van der Waals surface area contributed by atoms with Crippen LogP contribution in [0, 0.1) is 29.9 Å². The molecular formula is C39H41F3N6O5. The van der Waals surface area contributed by atoms with Crippen molar-refractivity contribution in [2.45, 2.75) is 69.3 Å². The largest absolute Gasteiger partial charge is 0.468 e. The molecule has 11 nitrogen and oxygen atoms in total. The van der Waals surface area contributed by atoms with Crippen LogP contribution in [0.5, 0.6) is 11.8 Å². The van der Waals surface area contributed by atoms with Crippen LogP contribution in [0.25, 0.3) is 32.9 Å². The summed E-state index contributed by atoms with van der Waals surface area (Å²) in [5, 5.41) is 4.17. The molecule has 0 unspecified atom stereocenters. The van der Waals surface area contributed by atoms with Crippen molar-refractivity contribution in [3.8, 4) is 35.4 Å². The molecule has 1 N–H and O–H groups in total. The van der Waals surface area contributed by atoms with Gasteiger partial charge in [0.05, 0.1) is 22.0 Å². The molecule has 0 radical (unpaired) electrons. The molecule has 3 saturated heterocycles. The Hall–Kier alpha value is -4.87. The van der Waals surface area contributed by atoms with Crippen LogP contribution in [0.1, 0.15) is 52.0 Å². The van der Waals surface area contributed by atoms with Crippen molar-refractivity contribution < 1.29 is 36.9 Å². The second-order valence-electron chi connectivity index (χ2n) is 15.6. The molecule has 14 heteroatoms. The van der Waals surface area contributed by atoms with Crippen LogP contribution in [0.3, 0.4) is 0 Å². The molecule has 1 aliphatic carbocycles.